The first kappa shape index (κ1) is 11.8. The average molecular weight is 241 g/mol. The van der Waals surface area contributed by atoms with Gasteiger partial charge in [-0.2, -0.15) is 0 Å². The molecule has 5 nitrogen and oxygen atoms in total. The fraction of sp³-hybridized carbons (Fsp3) is 0.778. The summed E-state index contributed by atoms with van der Waals surface area (Å²) in [6.07, 6.45) is 0. The maximum Gasteiger partial charge on any atom is 0.378 e. The molecular weight excluding hydrogens is 229 g/mol. The van der Waals surface area contributed by atoms with Gasteiger partial charge in [-0.15, -0.1) is 11.8 Å². The Hall–Kier alpha value is -0.685. The summed E-state index contributed by atoms with van der Waals surface area (Å²) in [5.41, 5.74) is 0. The summed E-state index contributed by atoms with van der Waals surface area (Å²) < 4.78 is 3.79. The first-order valence-electron chi connectivity index (χ1n) is 4.95. The highest BCUT2D eigenvalue weighted by molar-refractivity contribution is 8.01. The van der Waals surface area contributed by atoms with Crippen LogP contribution in [0.4, 0.5) is 0 Å². The van der Waals surface area contributed by atoms with Crippen molar-refractivity contribution in [2.24, 2.45) is 5.92 Å². The molecule has 7 heteroatoms. The SMILES string of the molecule is [B]OC(=O)C1N2C(=O)[C@@H](CO)C2SC1(C)C. The number of amides is 1. The number of aliphatic hydroxyl groups excluding tert-OH is 1. The molecule has 86 valence electrons. The summed E-state index contributed by atoms with van der Waals surface area (Å²) in [6.45, 7) is 3.53. The van der Waals surface area contributed by atoms with Gasteiger partial charge in [0.1, 0.15) is 6.04 Å². The zero-order valence-corrected chi connectivity index (χ0v) is 9.86. The number of nitrogens with zero attached hydrogens (tertiary/aromatic N) is 1. The predicted molar refractivity (Wildman–Crippen MR) is 58.5 cm³/mol. The molecule has 2 heterocycles. The molecular formula is C9H12BNO4S. The Bertz CT molecular complexity index is 348. The molecule has 0 aromatic heterocycles. The molecule has 0 bridgehead atoms. The van der Waals surface area contributed by atoms with Crippen LogP contribution in [0.2, 0.25) is 0 Å². The molecule has 3 atom stereocenters. The minimum atomic E-state index is -0.664. The smallest absolute Gasteiger partial charge is 0.378 e. The second-order valence-corrected chi connectivity index (χ2v) is 6.26. The van der Waals surface area contributed by atoms with Gasteiger partial charge >= 0.3 is 14.0 Å². The minimum absolute atomic E-state index is 0.142. The van der Waals surface area contributed by atoms with Crippen molar-refractivity contribution in [2.75, 3.05) is 6.61 Å². The number of aliphatic hydroxyl groups is 1. The van der Waals surface area contributed by atoms with Crippen molar-refractivity contribution in [3.05, 3.63) is 0 Å². The van der Waals surface area contributed by atoms with E-state index in [1.807, 2.05) is 13.8 Å². The summed E-state index contributed by atoms with van der Waals surface area (Å²) in [6, 6.07) is -0.664. The quantitative estimate of drug-likeness (QED) is 0.510. The van der Waals surface area contributed by atoms with Crippen molar-refractivity contribution < 1.29 is 19.3 Å². The van der Waals surface area contributed by atoms with Gasteiger partial charge in [0.15, 0.2) is 0 Å². The summed E-state index contributed by atoms with van der Waals surface area (Å²) >= 11 is 1.49. The van der Waals surface area contributed by atoms with E-state index in [9.17, 15) is 9.59 Å². The van der Waals surface area contributed by atoms with E-state index in [0.29, 0.717) is 0 Å². The van der Waals surface area contributed by atoms with Gasteiger partial charge < -0.3 is 14.7 Å². The number of carbonyl (C=O) groups is 2. The van der Waals surface area contributed by atoms with E-state index in [0.717, 1.165) is 0 Å². The zero-order chi connectivity index (χ0) is 12.1. The monoisotopic (exact) mass is 241 g/mol. The largest absolute Gasteiger partial charge is 0.542 e. The third kappa shape index (κ3) is 1.38. The molecule has 2 unspecified atom stereocenters. The molecule has 2 aliphatic heterocycles. The number of thioether (sulfide) groups is 1. The van der Waals surface area contributed by atoms with Crippen molar-refractivity contribution in [3.63, 3.8) is 0 Å². The Balaban J connectivity index is 2.26. The zero-order valence-electron chi connectivity index (χ0n) is 9.04. The van der Waals surface area contributed by atoms with Gasteiger partial charge in [0.05, 0.1) is 17.9 Å². The summed E-state index contributed by atoms with van der Waals surface area (Å²) in [5.74, 6) is -1.22. The summed E-state index contributed by atoms with van der Waals surface area (Å²) in [7, 11) is 4.87. The normalized spacial score (nSPS) is 35.6. The number of fused-ring (bicyclic) bond motifs is 1. The minimum Gasteiger partial charge on any atom is -0.542 e. The van der Waals surface area contributed by atoms with E-state index in [1.165, 1.54) is 16.7 Å². The third-order valence-electron chi connectivity index (χ3n) is 3.09. The maximum atomic E-state index is 11.7. The average Bonchev–Trinajstić information content (AvgIpc) is 2.47. The van der Waals surface area contributed by atoms with E-state index in [4.69, 9.17) is 13.2 Å². The number of β-lactam (4-membered cyclic amide) rings is 1. The summed E-state index contributed by atoms with van der Waals surface area (Å²) in [5, 5.41) is 8.91. The molecule has 0 spiro atoms. The molecule has 2 saturated heterocycles. The first-order valence-corrected chi connectivity index (χ1v) is 5.83. The second kappa shape index (κ2) is 3.66. The molecule has 1 amide bonds. The lowest BCUT2D eigenvalue weighted by molar-refractivity contribution is -0.163. The molecule has 2 aliphatic rings. The van der Waals surface area contributed by atoms with Crippen molar-refractivity contribution in [3.8, 4) is 0 Å². The van der Waals surface area contributed by atoms with Crippen LogP contribution in [0.5, 0.6) is 0 Å². The van der Waals surface area contributed by atoms with E-state index < -0.39 is 22.7 Å². The third-order valence-corrected chi connectivity index (χ3v) is 4.72. The molecule has 0 aliphatic carbocycles. The molecule has 0 saturated carbocycles. The van der Waals surface area contributed by atoms with Crippen LogP contribution in [0.15, 0.2) is 0 Å². The van der Waals surface area contributed by atoms with Crippen LogP contribution >= 0.6 is 11.8 Å². The Kier molecular flexibility index (Phi) is 2.70. The van der Waals surface area contributed by atoms with Crippen molar-refractivity contribution in [1.29, 1.82) is 0 Å². The highest BCUT2D eigenvalue weighted by Crippen LogP contribution is 2.53. The van der Waals surface area contributed by atoms with Gasteiger partial charge in [0.2, 0.25) is 5.91 Å². The summed E-state index contributed by atoms with van der Waals surface area (Å²) in [4.78, 5) is 24.7. The first-order chi connectivity index (χ1) is 7.44. The lowest BCUT2D eigenvalue weighted by Crippen LogP contribution is -2.63. The van der Waals surface area contributed by atoms with E-state index in [-0.39, 0.29) is 17.9 Å². The van der Waals surface area contributed by atoms with Crippen LogP contribution < -0.4 is 0 Å². The van der Waals surface area contributed by atoms with Crippen LogP contribution in [-0.4, -0.2) is 52.7 Å². The molecule has 2 rings (SSSR count). The fourth-order valence-corrected chi connectivity index (χ4v) is 3.97. The van der Waals surface area contributed by atoms with Gasteiger partial charge in [-0.25, -0.2) is 0 Å². The van der Waals surface area contributed by atoms with E-state index in [2.05, 4.69) is 4.65 Å². The number of hydrogen-bond acceptors (Lipinski definition) is 5. The molecule has 2 fully saturated rings. The van der Waals surface area contributed by atoms with Crippen molar-refractivity contribution in [2.45, 2.75) is 30.0 Å². The topological polar surface area (TPSA) is 66.8 Å². The Labute approximate surface area is 98.9 Å². The lowest BCUT2D eigenvalue weighted by atomic mass is 9.92. The van der Waals surface area contributed by atoms with Crippen LogP contribution in [0.1, 0.15) is 13.8 Å². The maximum absolute atomic E-state index is 11.7. The van der Waals surface area contributed by atoms with Crippen LogP contribution in [0.3, 0.4) is 0 Å². The lowest BCUT2D eigenvalue weighted by Gasteiger charge is -2.43. The van der Waals surface area contributed by atoms with Crippen molar-refractivity contribution in [1.82, 2.24) is 4.90 Å². The molecule has 0 aromatic carbocycles. The second-order valence-electron chi connectivity index (χ2n) is 4.49. The Morgan fingerprint density at radius 3 is 2.81 bits per heavy atom. The van der Waals surface area contributed by atoms with Gasteiger partial charge in [-0.3, -0.25) is 9.59 Å². The van der Waals surface area contributed by atoms with Crippen molar-refractivity contribution >= 4 is 31.7 Å². The van der Waals surface area contributed by atoms with E-state index >= 15 is 0 Å². The van der Waals surface area contributed by atoms with Gasteiger partial charge in [-0.1, -0.05) is 0 Å². The van der Waals surface area contributed by atoms with E-state index in [1.54, 1.807) is 0 Å². The molecule has 16 heavy (non-hydrogen) atoms. The Morgan fingerprint density at radius 1 is 1.69 bits per heavy atom. The highest BCUT2D eigenvalue weighted by atomic mass is 32.2. The van der Waals surface area contributed by atoms with Gasteiger partial charge in [0.25, 0.3) is 0 Å². The molecule has 0 aromatic rings. The molecule has 2 radical (unpaired) electrons. The van der Waals surface area contributed by atoms with Gasteiger partial charge in [0, 0.05) is 4.75 Å². The van der Waals surface area contributed by atoms with Gasteiger partial charge in [-0.05, 0) is 13.8 Å². The number of rotatable bonds is 2. The molecule has 1 N–H and O–H groups in total. The van der Waals surface area contributed by atoms with Crippen LogP contribution in [0, 0.1) is 5.92 Å². The van der Waals surface area contributed by atoms with Crippen LogP contribution in [0.25, 0.3) is 0 Å². The number of carbonyl (C=O) groups excluding carboxylic acids is 2. The number of hydrogen-bond donors (Lipinski definition) is 1. The predicted octanol–water partition coefficient (Wildman–Crippen LogP) is -0.716. The standard InChI is InChI=1S/C9H12BNO4S/c1-9(2)5(8(14)15-10)11-6(13)4(3-12)7(11)16-9/h4-5,7,12H,3H2,1-2H3/t4-,5?,7?/m1/s1. The fourth-order valence-electron chi connectivity index (χ4n) is 2.30. The highest BCUT2D eigenvalue weighted by Gasteiger charge is 2.63. The Morgan fingerprint density at radius 2 is 2.31 bits per heavy atom. The van der Waals surface area contributed by atoms with Crippen LogP contribution in [-0.2, 0) is 14.2 Å².